The second-order valence-electron chi connectivity index (χ2n) is 6.52. The number of rotatable bonds is 5. The minimum absolute atomic E-state index is 0.00642. The van der Waals surface area contributed by atoms with Gasteiger partial charge in [-0.05, 0) is 31.5 Å². The highest BCUT2D eigenvalue weighted by atomic mass is 32.1. The van der Waals surface area contributed by atoms with E-state index in [9.17, 15) is 14.0 Å². The standard InChI is InChI=1S/C21H20FN3O2S/c1-12-4-9-18(22)17(10-12)20(27)25-21-24-19(11-28-21)16-7-5-15(6-8-16)13(2)23-14(3)26/h4-11,13H,1-3H3,(H,23,26)(H,24,25,27)/t13-/m1/s1. The molecular weight excluding hydrogens is 377 g/mol. The maximum absolute atomic E-state index is 13.9. The van der Waals surface area contributed by atoms with Crippen LogP contribution in [0.3, 0.4) is 0 Å². The van der Waals surface area contributed by atoms with Gasteiger partial charge in [0.05, 0.1) is 17.3 Å². The van der Waals surface area contributed by atoms with Crippen molar-refractivity contribution < 1.29 is 14.0 Å². The number of halogens is 1. The highest BCUT2D eigenvalue weighted by molar-refractivity contribution is 7.14. The van der Waals surface area contributed by atoms with Gasteiger partial charge in [-0.2, -0.15) is 0 Å². The van der Waals surface area contributed by atoms with Crippen LogP contribution in [0.1, 0.15) is 41.4 Å². The molecule has 0 unspecified atom stereocenters. The van der Waals surface area contributed by atoms with E-state index in [4.69, 9.17) is 0 Å². The van der Waals surface area contributed by atoms with Crippen LogP contribution < -0.4 is 10.6 Å². The molecule has 3 rings (SSSR count). The van der Waals surface area contributed by atoms with Crippen LogP contribution in [-0.2, 0) is 4.79 Å². The first kappa shape index (κ1) is 19.7. The Labute approximate surface area is 166 Å². The van der Waals surface area contributed by atoms with Crippen LogP contribution in [0.15, 0.2) is 47.8 Å². The van der Waals surface area contributed by atoms with Crippen molar-refractivity contribution in [1.82, 2.24) is 10.3 Å². The van der Waals surface area contributed by atoms with Gasteiger partial charge in [0.2, 0.25) is 5.91 Å². The molecule has 3 aromatic rings. The zero-order valence-electron chi connectivity index (χ0n) is 15.7. The summed E-state index contributed by atoms with van der Waals surface area (Å²) in [4.78, 5) is 27.9. The molecular formula is C21H20FN3O2S. The SMILES string of the molecule is CC(=O)N[C@H](C)c1ccc(-c2csc(NC(=O)c3cc(C)ccc3F)n2)cc1. The highest BCUT2D eigenvalue weighted by Crippen LogP contribution is 2.26. The van der Waals surface area contributed by atoms with Gasteiger partial charge in [0.15, 0.2) is 5.13 Å². The lowest BCUT2D eigenvalue weighted by atomic mass is 10.1. The van der Waals surface area contributed by atoms with E-state index in [2.05, 4.69) is 15.6 Å². The Kier molecular flexibility index (Phi) is 5.84. The molecule has 2 aromatic carbocycles. The van der Waals surface area contributed by atoms with E-state index in [1.807, 2.05) is 36.6 Å². The number of nitrogens with one attached hydrogen (secondary N) is 2. The third kappa shape index (κ3) is 4.61. The number of hydrogen-bond acceptors (Lipinski definition) is 4. The smallest absolute Gasteiger partial charge is 0.260 e. The first-order valence-corrected chi connectivity index (χ1v) is 9.62. The van der Waals surface area contributed by atoms with Gasteiger partial charge in [-0.1, -0.05) is 35.9 Å². The number of amides is 2. The van der Waals surface area contributed by atoms with Gasteiger partial charge >= 0.3 is 0 Å². The fraction of sp³-hybridized carbons (Fsp3) is 0.190. The molecule has 7 heteroatoms. The quantitative estimate of drug-likeness (QED) is 0.655. The van der Waals surface area contributed by atoms with Gasteiger partial charge in [0.1, 0.15) is 5.82 Å². The normalized spacial score (nSPS) is 11.7. The lowest BCUT2D eigenvalue weighted by Crippen LogP contribution is -2.23. The summed E-state index contributed by atoms with van der Waals surface area (Å²) in [5.41, 5.74) is 3.38. The molecule has 0 fully saturated rings. The number of carbonyl (C=O) groups is 2. The lowest BCUT2D eigenvalue weighted by molar-refractivity contribution is -0.119. The first-order chi connectivity index (χ1) is 13.3. The molecule has 0 aliphatic rings. The van der Waals surface area contributed by atoms with Crippen molar-refractivity contribution in [2.45, 2.75) is 26.8 Å². The van der Waals surface area contributed by atoms with Crippen LogP contribution in [0.5, 0.6) is 0 Å². The number of nitrogens with zero attached hydrogens (tertiary/aromatic N) is 1. The molecule has 0 saturated carbocycles. The predicted molar refractivity (Wildman–Crippen MR) is 109 cm³/mol. The zero-order valence-corrected chi connectivity index (χ0v) is 16.6. The van der Waals surface area contributed by atoms with E-state index >= 15 is 0 Å². The summed E-state index contributed by atoms with van der Waals surface area (Å²) in [7, 11) is 0. The number of aromatic nitrogens is 1. The van der Waals surface area contributed by atoms with E-state index in [-0.39, 0.29) is 17.5 Å². The fourth-order valence-electron chi connectivity index (χ4n) is 2.77. The molecule has 0 bridgehead atoms. The number of benzene rings is 2. The molecule has 0 spiro atoms. The Morgan fingerprint density at radius 3 is 2.54 bits per heavy atom. The van der Waals surface area contributed by atoms with Crippen molar-refractivity contribution in [1.29, 1.82) is 0 Å². The Bertz CT molecular complexity index is 1010. The maximum Gasteiger partial charge on any atom is 0.260 e. The summed E-state index contributed by atoms with van der Waals surface area (Å²) in [5.74, 6) is -1.17. The number of aryl methyl sites for hydroxylation is 1. The molecule has 0 saturated heterocycles. The third-order valence-corrected chi connectivity index (χ3v) is 4.98. The molecule has 0 aliphatic carbocycles. The fourth-order valence-corrected chi connectivity index (χ4v) is 3.49. The topological polar surface area (TPSA) is 71.1 Å². The van der Waals surface area contributed by atoms with Crippen LogP contribution in [0.2, 0.25) is 0 Å². The van der Waals surface area contributed by atoms with Crippen molar-refractivity contribution in [3.8, 4) is 11.3 Å². The molecule has 0 radical (unpaired) electrons. The highest BCUT2D eigenvalue weighted by Gasteiger charge is 2.14. The number of anilines is 1. The monoisotopic (exact) mass is 397 g/mol. The minimum atomic E-state index is -0.566. The summed E-state index contributed by atoms with van der Waals surface area (Å²) in [5, 5.41) is 7.71. The number of hydrogen-bond donors (Lipinski definition) is 2. The summed E-state index contributed by atoms with van der Waals surface area (Å²) >= 11 is 1.27. The van der Waals surface area contributed by atoms with Crippen LogP contribution in [-0.4, -0.2) is 16.8 Å². The van der Waals surface area contributed by atoms with Crippen LogP contribution in [0.25, 0.3) is 11.3 Å². The molecule has 28 heavy (non-hydrogen) atoms. The largest absolute Gasteiger partial charge is 0.350 e. The average molecular weight is 397 g/mol. The van der Waals surface area contributed by atoms with Crippen LogP contribution >= 0.6 is 11.3 Å². The Hall–Kier alpha value is -3.06. The second kappa shape index (κ2) is 8.31. The summed E-state index contributed by atoms with van der Waals surface area (Å²) < 4.78 is 13.9. The van der Waals surface area contributed by atoms with E-state index in [0.29, 0.717) is 10.8 Å². The Morgan fingerprint density at radius 1 is 1.14 bits per heavy atom. The van der Waals surface area contributed by atoms with E-state index in [1.165, 1.54) is 30.4 Å². The van der Waals surface area contributed by atoms with Gasteiger partial charge in [0, 0.05) is 17.9 Å². The number of thiazole rings is 1. The summed E-state index contributed by atoms with van der Waals surface area (Å²) in [6.45, 7) is 5.20. The molecule has 144 valence electrons. The molecule has 1 heterocycles. The van der Waals surface area contributed by atoms with Gasteiger partial charge in [0.25, 0.3) is 5.91 Å². The van der Waals surface area contributed by atoms with Crippen molar-refractivity contribution in [3.05, 3.63) is 70.4 Å². The minimum Gasteiger partial charge on any atom is -0.350 e. The zero-order chi connectivity index (χ0) is 20.3. The average Bonchev–Trinajstić information content (AvgIpc) is 3.11. The lowest BCUT2D eigenvalue weighted by Gasteiger charge is -2.13. The van der Waals surface area contributed by atoms with E-state index < -0.39 is 11.7 Å². The molecule has 2 amide bonds. The van der Waals surface area contributed by atoms with Crippen molar-refractivity contribution >= 4 is 28.3 Å². The van der Waals surface area contributed by atoms with Gasteiger partial charge in [-0.3, -0.25) is 14.9 Å². The molecule has 2 N–H and O–H groups in total. The predicted octanol–water partition coefficient (Wildman–Crippen LogP) is 4.71. The van der Waals surface area contributed by atoms with Gasteiger partial charge in [-0.25, -0.2) is 9.37 Å². The Balaban J connectivity index is 1.72. The Morgan fingerprint density at radius 2 is 1.86 bits per heavy atom. The van der Waals surface area contributed by atoms with Crippen LogP contribution in [0, 0.1) is 12.7 Å². The van der Waals surface area contributed by atoms with Crippen LogP contribution in [0.4, 0.5) is 9.52 Å². The van der Waals surface area contributed by atoms with Crippen molar-refractivity contribution in [2.75, 3.05) is 5.32 Å². The van der Waals surface area contributed by atoms with E-state index in [1.54, 1.807) is 13.0 Å². The van der Waals surface area contributed by atoms with Crippen molar-refractivity contribution in [3.63, 3.8) is 0 Å². The van der Waals surface area contributed by atoms with E-state index in [0.717, 1.165) is 16.7 Å². The van der Waals surface area contributed by atoms with Gasteiger partial charge in [-0.15, -0.1) is 11.3 Å². The van der Waals surface area contributed by atoms with Gasteiger partial charge < -0.3 is 5.32 Å². The summed E-state index contributed by atoms with van der Waals surface area (Å²) in [6.07, 6.45) is 0. The molecule has 1 aromatic heterocycles. The number of carbonyl (C=O) groups excluding carboxylic acids is 2. The second-order valence-corrected chi connectivity index (χ2v) is 7.38. The first-order valence-electron chi connectivity index (χ1n) is 8.74. The molecule has 1 atom stereocenters. The summed E-state index contributed by atoms with van der Waals surface area (Å²) in [6, 6.07) is 12.0. The van der Waals surface area contributed by atoms with Crippen molar-refractivity contribution in [2.24, 2.45) is 0 Å². The molecule has 0 aliphatic heterocycles. The maximum atomic E-state index is 13.9. The third-order valence-electron chi connectivity index (χ3n) is 4.22. The molecule has 5 nitrogen and oxygen atoms in total.